The Bertz CT molecular complexity index is 1060. The van der Waals surface area contributed by atoms with E-state index < -0.39 is 8.07 Å². The minimum absolute atomic E-state index is 0.510. The van der Waals surface area contributed by atoms with Crippen LogP contribution in [0.15, 0.2) is 86.5 Å². The van der Waals surface area contributed by atoms with E-state index >= 15 is 0 Å². The lowest BCUT2D eigenvalue weighted by molar-refractivity contribution is 1.07. The molecule has 1 aromatic carbocycles. The summed E-state index contributed by atoms with van der Waals surface area (Å²) in [5.41, 5.74) is 12.6. The molecular formula is C25H26SSi. The van der Waals surface area contributed by atoms with Gasteiger partial charge in [-0.2, -0.15) is 0 Å². The number of hydrogen-bond donors (Lipinski definition) is 0. The standard InChI is InChI=1S/C25H26SSi/c1-15-12-18-8-6-7-9-20(18)24(15)27(4,5)25-16(2)13-21-17(3)19-10-11-26-23(19)14-22(21)25/h6-14,23-24H,1-5H3. The van der Waals surface area contributed by atoms with Crippen molar-refractivity contribution in [2.75, 3.05) is 0 Å². The van der Waals surface area contributed by atoms with Gasteiger partial charge in [-0.1, -0.05) is 72.8 Å². The summed E-state index contributed by atoms with van der Waals surface area (Å²) in [5, 5.41) is 4.45. The van der Waals surface area contributed by atoms with Crippen molar-refractivity contribution in [2.24, 2.45) is 0 Å². The van der Waals surface area contributed by atoms with Crippen LogP contribution in [0.1, 0.15) is 37.4 Å². The van der Waals surface area contributed by atoms with Crippen LogP contribution in [0.4, 0.5) is 0 Å². The number of thioether (sulfide) groups is 1. The molecular weight excluding hydrogens is 360 g/mol. The van der Waals surface area contributed by atoms with Gasteiger partial charge in [0.2, 0.25) is 0 Å². The Morgan fingerprint density at radius 1 is 0.963 bits per heavy atom. The first kappa shape index (κ1) is 17.3. The van der Waals surface area contributed by atoms with Gasteiger partial charge in [0.25, 0.3) is 0 Å². The Kier molecular flexibility index (Phi) is 3.76. The van der Waals surface area contributed by atoms with Crippen molar-refractivity contribution in [3.63, 3.8) is 0 Å². The monoisotopic (exact) mass is 386 g/mol. The fourth-order valence-electron chi connectivity index (χ4n) is 5.77. The number of hydrogen-bond acceptors (Lipinski definition) is 1. The average molecular weight is 387 g/mol. The summed E-state index contributed by atoms with van der Waals surface area (Å²) in [6.45, 7) is 12.2. The smallest absolute Gasteiger partial charge is 0.0934 e. The molecule has 0 saturated heterocycles. The Labute approximate surface area is 168 Å². The number of rotatable bonds is 2. The van der Waals surface area contributed by atoms with E-state index in [-0.39, 0.29) is 0 Å². The van der Waals surface area contributed by atoms with E-state index in [1.807, 2.05) is 11.8 Å². The van der Waals surface area contributed by atoms with Crippen molar-refractivity contribution in [3.05, 3.63) is 97.7 Å². The summed E-state index contributed by atoms with van der Waals surface area (Å²) in [7, 11) is -1.76. The topological polar surface area (TPSA) is 0 Å². The molecule has 136 valence electrons. The van der Waals surface area contributed by atoms with E-state index in [4.69, 9.17) is 0 Å². The summed E-state index contributed by atoms with van der Waals surface area (Å²) in [6.07, 6.45) is 9.75. The third kappa shape index (κ3) is 2.36. The Hall–Kier alpha value is -1.77. The average Bonchev–Trinajstić information content (AvgIpc) is 3.29. The largest absolute Gasteiger partial charge is 0.122 e. The van der Waals surface area contributed by atoms with Gasteiger partial charge >= 0.3 is 0 Å². The van der Waals surface area contributed by atoms with Gasteiger partial charge in [-0.25, -0.2) is 0 Å². The first-order valence-electron chi connectivity index (χ1n) is 9.85. The summed E-state index contributed by atoms with van der Waals surface area (Å²) < 4.78 is 0. The molecule has 1 aromatic rings. The highest BCUT2D eigenvalue weighted by atomic mass is 32.2. The predicted octanol–water partition coefficient (Wildman–Crippen LogP) is 7.12. The van der Waals surface area contributed by atoms with Crippen LogP contribution in [-0.2, 0) is 0 Å². The van der Waals surface area contributed by atoms with E-state index in [0.29, 0.717) is 10.8 Å². The summed E-state index contributed by atoms with van der Waals surface area (Å²) in [5.74, 6) is 0. The molecule has 3 aliphatic carbocycles. The van der Waals surface area contributed by atoms with E-state index in [0.717, 1.165) is 0 Å². The van der Waals surface area contributed by atoms with Gasteiger partial charge < -0.3 is 0 Å². The van der Waals surface area contributed by atoms with Crippen LogP contribution in [0, 0.1) is 0 Å². The van der Waals surface area contributed by atoms with Gasteiger partial charge in [0.1, 0.15) is 0 Å². The molecule has 0 saturated carbocycles. The van der Waals surface area contributed by atoms with Crippen molar-refractivity contribution in [1.29, 1.82) is 0 Å². The van der Waals surface area contributed by atoms with Gasteiger partial charge in [0, 0.05) is 5.54 Å². The maximum absolute atomic E-state index is 2.59. The van der Waals surface area contributed by atoms with Crippen molar-refractivity contribution in [1.82, 2.24) is 0 Å². The van der Waals surface area contributed by atoms with Gasteiger partial charge in [-0.05, 0) is 64.8 Å². The second-order valence-corrected chi connectivity index (χ2v) is 14.4. The molecule has 0 N–H and O–H groups in total. The third-order valence-electron chi connectivity index (χ3n) is 6.76. The highest BCUT2D eigenvalue weighted by molar-refractivity contribution is 8.03. The van der Waals surface area contributed by atoms with E-state index in [2.05, 4.69) is 87.8 Å². The van der Waals surface area contributed by atoms with Crippen LogP contribution in [-0.4, -0.2) is 13.3 Å². The highest BCUT2D eigenvalue weighted by Crippen LogP contribution is 2.53. The van der Waals surface area contributed by atoms with Crippen molar-refractivity contribution in [3.8, 4) is 0 Å². The van der Waals surface area contributed by atoms with Crippen LogP contribution in [0.2, 0.25) is 13.1 Å². The molecule has 2 heteroatoms. The Balaban J connectivity index is 1.62. The molecule has 1 aliphatic heterocycles. The van der Waals surface area contributed by atoms with Gasteiger partial charge in [-0.3, -0.25) is 0 Å². The summed E-state index contributed by atoms with van der Waals surface area (Å²) >= 11 is 1.95. The number of fused-ring (bicyclic) bond motifs is 3. The minimum atomic E-state index is -1.76. The second kappa shape index (κ2) is 5.86. The first-order chi connectivity index (χ1) is 12.9. The maximum Gasteiger partial charge on any atom is 0.0934 e. The molecule has 2 unspecified atom stereocenters. The Morgan fingerprint density at radius 3 is 2.56 bits per heavy atom. The van der Waals surface area contributed by atoms with Crippen LogP contribution < -0.4 is 0 Å². The molecule has 0 fully saturated rings. The molecule has 27 heavy (non-hydrogen) atoms. The molecule has 1 heterocycles. The predicted molar refractivity (Wildman–Crippen MR) is 122 cm³/mol. The second-order valence-electron chi connectivity index (χ2n) is 8.81. The lowest BCUT2D eigenvalue weighted by Gasteiger charge is -2.36. The van der Waals surface area contributed by atoms with Crippen LogP contribution in [0.25, 0.3) is 6.08 Å². The molecule has 0 spiro atoms. The molecule has 0 aromatic heterocycles. The lowest BCUT2D eigenvalue weighted by Crippen LogP contribution is -2.39. The normalized spacial score (nSPS) is 26.0. The number of benzene rings is 1. The van der Waals surface area contributed by atoms with Gasteiger partial charge in [-0.15, -0.1) is 11.8 Å². The SMILES string of the molecule is CC1=Cc2ccccc2C1[Si](C)(C)C1=C(C)C=C2C1=CC1SC=CC1=C2C. The molecule has 0 nitrogen and oxygen atoms in total. The van der Waals surface area contributed by atoms with Crippen molar-refractivity contribution in [2.45, 2.75) is 44.7 Å². The fourth-order valence-corrected chi connectivity index (χ4v) is 11.3. The van der Waals surface area contributed by atoms with E-state index in [1.54, 1.807) is 21.9 Å². The maximum atomic E-state index is 2.59. The Morgan fingerprint density at radius 2 is 1.74 bits per heavy atom. The van der Waals surface area contributed by atoms with Crippen LogP contribution in [0.3, 0.4) is 0 Å². The van der Waals surface area contributed by atoms with Crippen molar-refractivity contribution < 1.29 is 0 Å². The molecule has 4 aliphatic rings. The molecule has 2 atom stereocenters. The third-order valence-corrected chi connectivity index (χ3v) is 11.9. The molecule has 0 radical (unpaired) electrons. The molecule has 0 amide bonds. The minimum Gasteiger partial charge on any atom is -0.122 e. The summed E-state index contributed by atoms with van der Waals surface area (Å²) in [4.78, 5) is 0. The van der Waals surface area contributed by atoms with Crippen LogP contribution in [0.5, 0.6) is 0 Å². The zero-order valence-corrected chi connectivity index (χ0v) is 18.6. The highest BCUT2D eigenvalue weighted by Gasteiger charge is 2.45. The van der Waals surface area contributed by atoms with Crippen molar-refractivity contribution >= 4 is 25.9 Å². The van der Waals surface area contributed by atoms with E-state index in [1.165, 1.54) is 27.9 Å². The fraction of sp³-hybridized carbons (Fsp3) is 0.280. The first-order valence-corrected chi connectivity index (χ1v) is 13.9. The summed E-state index contributed by atoms with van der Waals surface area (Å²) in [6, 6.07) is 9.02. The quantitative estimate of drug-likeness (QED) is 0.488. The number of allylic oxidation sites excluding steroid dienone is 8. The molecule has 5 rings (SSSR count). The van der Waals surface area contributed by atoms with Gasteiger partial charge in [0.05, 0.1) is 13.3 Å². The zero-order valence-electron chi connectivity index (χ0n) is 16.8. The molecule has 0 bridgehead atoms. The van der Waals surface area contributed by atoms with E-state index in [9.17, 15) is 0 Å². The lowest BCUT2D eigenvalue weighted by atomic mass is 9.89. The zero-order chi connectivity index (χ0) is 18.9. The van der Waals surface area contributed by atoms with Crippen LogP contribution >= 0.6 is 11.8 Å². The van der Waals surface area contributed by atoms with Gasteiger partial charge in [0.15, 0.2) is 0 Å².